The number of benzene rings is 1. The van der Waals surface area contributed by atoms with E-state index in [1.54, 1.807) is 32.7 Å². The highest BCUT2D eigenvalue weighted by atomic mass is 16.5. The molecule has 5 heteroatoms. The van der Waals surface area contributed by atoms with Crippen molar-refractivity contribution in [2.75, 3.05) is 19.5 Å². The molecular weight excluding hydrogens is 304 g/mol. The lowest BCUT2D eigenvalue weighted by Crippen LogP contribution is -2.38. The number of rotatable bonds is 5. The molecule has 1 fully saturated rings. The van der Waals surface area contributed by atoms with Crippen LogP contribution >= 0.6 is 0 Å². The Morgan fingerprint density at radius 2 is 1.96 bits per heavy atom. The zero-order valence-corrected chi connectivity index (χ0v) is 14.0. The Hall–Kier alpha value is -2.56. The summed E-state index contributed by atoms with van der Waals surface area (Å²) >= 11 is 0. The van der Waals surface area contributed by atoms with E-state index in [-0.39, 0.29) is 5.91 Å². The number of ether oxygens (including phenoxy) is 2. The van der Waals surface area contributed by atoms with Crippen molar-refractivity contribution in [1.82, 2.24) is 4.98 Å². The second kappa shape index (κ2) is 6.91. The summed E-state index contributed by atoms with van der Waals surface area (Å²) in [6.45, 7) is 0. The summed E-state index contributed by atoms with van der Waals surface area (Å²) in [6, 6.07) is 9.54. The third-order valence-electron chi connectivity index (χ3n) is 4.76. The first-order valence-electron chi connectivity index (χ1n) is 8.13. The van der Waals surface area contributed by atoms with Gasteiger partial charge in [0.2, 0.25) is 5.91 Å². The number of amides is 1. The van der Waals surface area contributed by atoms with Gasteiger partial charge < -0.3 is 14.8 Å². The summed E-state index contributed by atoms with van der Waals surface area (Å²) < 4.78 is 10.6. The molecule has 1 aromatic carbocycles. The molecule has 0 spiro atoms. The third kappa shape index (κ3) is 2.94. The van der Waals surface area contributed by atoms with Gasteiger partial charge in [-0.05, 0) is 30.5 Å². The van der Waals surface area contributed by atoms with Crippen molar-refractivity contribution in [3.63, 3.8) is 0 Å². The van der Waals surface area contributed by atoms with E-state index in [9.17, 15) is 4.79 Å². The van der Waals surface area contributed by atoms with Crippen molar-refractivity contribution in [3.05, 3.63) is 48.3 Å². The average Bonchev–Trinajstić information content (AvgIpc) is 3.13. The van der Waals surface area contributed by atoms with Crippen molar-refractivity contribution in [2.24, 2.45) is 0 Å². The number of nitrogens with one attached hydrogen (secondary N) is 1. The molecule has 1 aromatic heterocycles. The van der Waals surface area contributed by atoms with Gasteiger partial charge in [0.05, 0.1) is 25.8 Å². The average molecular weight is 326 g/mol. The lowest BCUT2D eigenvalue weighted by molar-refractivity contribution is -0.121. The zero-order valence-electron chi connectivity index (χ0n) is 14.0. The van der Waals surface area contributed by atoms with E-state index < -0.39 is 5.41 Å². The van der Waals surface area contributed by atoms with Crippen molar-refractivity contribution in [3.8, 4) is 11.5 Å². The summed E-state index contributed by atoms with van der Waals surface area (Å²) in [5, 5.41) is 3.01. The van der Waals surface area contributed by atoms with Crippen LogP contribution in [0.25, 0.3) is 0 Å². The van der Waals surface area contributed by atoms with Gasteiger partial charge in [0, 0.05) is 12.3 Å². The summed E-state index contributed by atoms with van der Waals surface area (Å²) in [6.07, 6.45) is 6.99. The Balaban J connectivity index is 1.94. The number of carbonyl (C=O) groups is 1. The number of hydrogen-bond donors (Lipinski definition) is 1. The first kappa shape index (κ1) is 16.3. The van der Waals surface area contributed by atoms with E-state index >= 15 is 0 Å². The van der Waals surface area contributed by atoms with Crippen LogP contribution in [0, 0.1) is 0 Å². The fourth-order valence-electron chi connectivity index (χ4n) is 3.44. The highest BCUT2D eigenvalue weighted by Crippen LogP contribution is 2.43. The Kier molecular flexibility index (Phi) is 4.69. The van der Waals surface area contributed by atoms with Gasteiger partial charge in [-0.2, -0.15) is 0 Å². The second-order valence-electron chi connectivity index (χ2n) is 6.05. The summed E-state index contributed by atoms with van der Waals surface area (Å²) in [5.74, 6) is 1.36. The van der Waals surface area contributed by atoms with Crippen LogP contribution < -0.4 is 14.8 Å². The molecule has 1 aliphatic rings. The molecule has 126 valence electrons. The molecule has 1 N–H and O–H groups in total. The van der Waals surface area contributed by atoms with Crippen molar-refractivity contribution in [1.29, 1.82) is 0 Å². The number of hydrogen-bond acceptors (Lipinski definition) is 4. The molecule has 0 aliphatic heterocycles. The molecular formula is C19H22N2O3. The van der Waals surface area contributed by atoms with E-state index in [1.165, 1.54) is 0 Å². The molecule has 3 rings (SSSR count). The Bertz CT molecular complexity index is 724. The lowest BCUT2D eigenvalue weighted by atomic mass is 9.78. The summed E-state index contributed by atoms with van der Waals surface area (Å²) in [4.78, 5) is 17.3. The van der Waals surface area contributed by atoms with Gasteiger partial charge >= 0.3 is 0 Å². The Morgan fingerprint density at radius 1 is 1.17 bits per heavy atom. The van der Waals surface area contributed by atoms with Gasteiger partial charge in [-0.25, -0.2) is 0 Å². The lowest BCUT2D eigenvalue weighted by Gasteiger charge is -2.29. The van der Waals surface area contributed by atoms with Gasteiger partial charge in [-0.3, -0.25) is 9.78 Å². The minimum Gasteiger partial charge on any atom is -0.497 e. The number of carbonyl (C=O) groups excluding carboxylic acids is 1. The van der Waals surface area contributed by atoms with E-state index in [2.05, 4.69) is 10.3 Å². The Morgan fingerprint density at radius 3 is 2.67 bits per heavy atom. The van der Waals surface area contributed by atoms with Crippen LogP contribution in [0.3, 0.4) is 0 Å². The molecule has 1 aliphatic carbocycles. The molecule has 0 atom stereocenters. The highest BCUT2D eigenvalue weighted by Gasteiger charge is 2.43. The first-order chi connectivity index (χ1) is 11.7. The fourth-order valence-corrected chi connectivity index (χ4v) is 3.44. The number of pyridine rings is 1. The van der Waals surface area contributed by atoms with Crippen molar-refractivity contribution >= 4 is 11.6 Å². The van der Waals surface area contributed by atoms with Gasteiger partial charge in [-0.15, -0.1) is 0 Å². The van der Waals surface area contributed by atoms with Crippen LogP contribution in [0.1, 0.15) is 31.2 Å². The van der Waals surface area contributed by atoms with Crippen molar-refractivity contribution in [2.45, 2.75) is 31.1 Å². The molecule has 1 heterocycles. The van der Waals surface area contributed by atoms with E-state index in [0.717, 1.165) is 37.0 Å². The number of anilines is 1. The van der Waals surface area contributed by atoms with E-state index in [1.807, 2.05) is 24.3 Å². The third-order valence-corrected chi connectivity index (χ3v) is 4.76. The first-order valence-corrected chi connectivity index (χ1v) is 8.13. The maximum absolute atomic E-state index is 13.2. The SMILES string of the molecule is COc1cccc(C2(C(=O)Nc3cnccc3OC)CCCC2)c1. The fraction of sp³-hybridized carbons (Fsp3) is 0.368. The summed E-state index contributed by atoms with van der Waals surface area (Å²) in [5.41, 5.74) is 1.06. The van der Waals surface area contributed by atoms with Crippen LogP contribution in [0.5, 0.6) is 11.5 Å². The zero-order chi connectivity index (χ0) is 17.0. The minimum atomic E-state index is -0.532. The normalized spacial score (nSPS) is 15.8. The number of nitrogens with zero attached hydrogens (tertiary/aromatic N) is 1. The predicted octanol–water partition coefficient (Wildman–Crippen LogP) is 3.55. The molecule has 5 nitrogen and oxygen atoms in total. The smallest absolute Gasteiger partial charge is 0.235 e. The van der Waals surface area contributed by atoms with Crippen LogP contribution in [0.15, 0.2) is 42.7 Å². The van der Waals surface area contributed by atoms with Crippen LogP contribution in [-0.2, 0) is 10.2 Å². The van der Waals surface area contributed by atoms with E-state index in [4.69, 9.17) is 9.47 Å². The van der Waals surface area contributed by atoms with Crippen LogP contribution in [0.2, 0.25) is 0 Å². The van der Waals surface area contributed by atoms with Crippen LogP contribution in [0.4, 0.5) is 5.69 Å². The van der Waals surface area contributed by atoms with Gasteiger partial charge in [0.15, 0.2) is 0 Å². The van der Waals surface area contributed by atoms with Gasteiger partial charge in [0.25, 0.3) is 0 Å². The van der Waals surface area contributed by atoms with Crippen LogP contribution in [-0.4, -0.2) is 25.1 Å². The molecule has 1 saturated carbocycles. The molecule has 0 bridgehead atoms. The molecule has 1 amide bonds. The molecule has 24 heavy (non-hydrogen) atoms. The van der Waals surface area contributed by atoms with Gasteiger partial charge in [0.1, 0.15) is 17.2 Å². The maximum atomic E-state index is 13.2. The second-order valence-corrected chi connectivity index (χ2v) is 6.05. The standard InChI is InChI=1S/C19H22N2O3/c1-23-15-7-5-6-14(12-15)19(9-3-4-10-19)18(22)21-16-13-20-11-8-17(16)24-2/h5-8,11-13H,3-4,9-10H2,1-2H3,(H,21,22). The largest absolute Gasteiger partial charge is 0.497 e. The van der Waals surface area contributed by atoms with Crippen molar-refractivity contribution < 1.29 is 14.3 Å². The minimum absolute atomic E-state index is 0.0143. The maximum Gasteiger partial charge on any atom is 0.235 e. The quantitative estimate of drug-likeness (QED) is 0.913. The Labute approximate surface area is 142 Å². The molecule has 0 radical (unpaired) electrons. The highest BCUT2D eigenvalue weighted by molar-refractivity contribution is 6.00. The van der Waals surface area contributed by atoms with Gasteiger partial charge in [-0.1, -0.05) is 25.0 Å². The predicted molar refractivity (Wildman–Crippen MR) is 92.6 cm³/mol. The molecule has 0 unspecified atom stereocenters. The summed E-state index contributed by atoms with van der Waals surface area (Å²) in [7, 11) is 3.22. The van der Waals surface area contributed by atoms with E-state index in [0.29, 0.717) is 11.4 Å². The molecule has 2 aromatic rings. The topological polar surface area (TPSA) is 60.5 Å². The molecule has 0 saturated heterocycles. The number of aromatic nitrogens is 1. The monoisotopic (exact) mass is 326 g/mol. The number of methoxy groups -OCH3 is 2.